The highest BCUT2D eigenvalue weighted by atomic mass is 32.2. The molecule has 0 fully saturated rings. The molecule has 106 valence electrons. The van der Waals surface area contributed by atoms with E-state index < -0.39 is 16.1 Å². The molecule has 1 aromatic carbocycles. The van der Waals surface area contributed by atoms with Gasteiger partial charge in [0.25, 0.3) is 0 Å². The Morgan fingerprint density at radius 3 is 2.55 bits per heavy atom. The van der Waals surface area contributed by atoms with Crippen molar-refractivity contribution in [3.8, 4) is 5.75 Å². The Morgan fingerprint density at radius 2 is 2.00 bits per heavy atom. The number of rotatable bonds is 2. The predicted octanol–water partition coefficient (Wildman–Crippen LogP) is 1.29. The van der Waals surface area contributed by atoms with E-state index in [1.54, 1.807) is 0 Å². The number of phenols is 1. The summed E-state index contributed by atoms with van der Waals surface area (Å²) in [6, 6.07) is 2.72. The lowest BCUT2D eigenvalue weighted by molar-refractivity contribution is 0.255. The molecule has 1 aromatic heterocycles. The number of nitrogens with two attached hydrogens (primary N) is 1. The Kier molecular flexibility index (Phi) is 3.19. The minimum Gasteiger partial charge on any atom is -0.506 e. The van der Waals surface area contributed by atoms with Crippen LogP contribution in [0.4, 0.5) is 10.5 Å². The predicted molar refractivity (Wildman–Crippen MR) is 68.5 cm³/mol. The summed E-state index contributed by atoms with van der Waals surface area (Å²) < 4.78 is 32.6. The van der Waals surface area contributed by atoms with E-state index in [-0.39, 0.29) is 16.5 Å². The van der Waals surface area contributed by atoms with Gasteiger partial charge in [0.15, 0.2) is 5.03 Å². The van der Waals surface area contributed by atoms with E-state index in [4.69, 9.17) is 10.3 Å². The van der Waals surface area contributed by atoms with Crippen LogP contribution in [-0.2, 0) is 17.2 Å². The number of aromatic hydroxyl groups is 1. The maximum atomic E-state index is 11.2. The molecule has 10 heteroatoms. The number of carbonyl (C=O) groups is 1. The number of aromatic nitrogens is 1. The van der Waals surface area contributed by atoms with Crippen molar-refractivity contribution in [2.75, 3.05) is 0 Å². The Bertz CT molecular complexity index is 837. The second kappa shape index (κ2) is 4.58. The molecule has 0 saturated heterocycles. The molecule has 0 saturated carbocycles. The van der Waals surface area contributed by atoms with Crippen LogP contribution < -0.4 is 5.73 Å². The van der Waals surface area contributed by atoms with Crippen molar-refractivity contribution in [1.82, 2.24) is 4.57 Å². The summed E-state index contributed by atoms with van der Waals surface area (Å²) in [6.07, 6.45) is 0. The first kappa shape index (κ1) is 14.0. The second-order valence-corrected chi connectivity index (χ2v) is 5.32. The molecule has 2 rings (SSSR count). The molecule has 0 bridgehead atoms. The highest BCUT2D eigenvalue weighted by molar-refractivity contribution is 7.85. The number of fused-ring (bicyclic) bond motifs is 1. The Hall–Kier alpha value is -2.46. The monoisotopic (exact) mass is 298 g/mol. The molecule has 20 heavy (non-hydrogen) atoms. The summed E-state index contributed by atoms with van der Waals surface area (Å²) >= 11 is 0. The molecule has 1 heterocycles. The lowest BCUT2D eigenvalue weighted by Crippen LogP contribution is -2.04. The number of phenolic OH excluding ortho intramolecular Hbond substituents is 1. The molecule has 0 aliphatic carbocycles. The van der Waals surface area contributed by atoms with E-state index in [0.717, 1.165) is 0 Å². The number of aryl methyl sites for hydroxylation is 1. The van der Waals surface area contributed by atoms with Gasteiger partial charge in [0, 0.05) is 18.5 Å². The lowest BCUT2D eigenvalue weighted by atomic mass is 10.2. The van der Waals surface area contributed by atoms with Gasteiger partial charge in [-0.15, -0.1) is 5.11 Å². The second-order valence-electron chi connectivity index (χ2n) is 3.95. The molecule has 0 aliphatic rings. The number of benzene rings is 1. The van der Waals surface area contributed by atoms with Crippen LogP contribution in [0.5, 0.6) is 5.75 Å². The molecule has 0 radical (unpaired) electrons. The van der Waals surface area contributed by atoms with Crippen molar-refractivity contribution < 1.29 is 22.9 Å². The summed E-state index contributed by atoms with van der Waals surface area (Å²) in [5.74, 6) is -0.314. The van der Waals surface area contributed by atoms with Gasteiger partial charge in [-0.05, 0) is 12.1 Å². The van der Waals surface area contributed by atoms with Gasteiger partial charge in [-0.2, -0.15) is 8.42 Å². The molecule has 0 aliphatic heterocycles. The lowest BCUT2D eigenvalue weighted by Gasteiger charge is -2.02. The summed E-state index contributed by atoms with van der Waals surface area (Å²) in [5.41, 5.74) is 5.09. The first-order chi connectivity index (χ1) is 9.20. The van der Waals surface area contributed by atoms with Gasteiger partial charge in [0.1, 0.15) is 11.4 Å². The molecular weight excluding hydrogens is 288 g/mol. The van der Waals surface area contributed by atoms with Gasteiger partial charge in [-0.25, -0.2) is 4.79 Å². The molecule has 9 nitrogen and oxygen atoms in total. The van der Waals surface area contributed by atoms with Crippen LogP contribution >= 0.6 is 0 Å². The molecule has 0 spiro atoms. The fourth-order valence-electron chi connectivity index (χ4n) is 1.77. The third-order valence-corrected chi connectivity index (χ3v) is 3.54. The third kappa shape index (κ3) is 2.46. The summed E-state index contributed by atoms with van der Waals surface area (Å²) in [7, 11) is -2.98. The van der Waals surface area contributed by atoms with Crippen molar-refractivity contribution >= 4 is 32.7 Å². The van der Waals surface area contributed by atoms with Crippen LogP contribution in [0.25, 0.3) is 10.9 Å². The Balaban J connectivity index is 2.69. The number of amides is 2. The van der Waals surface area contributed by atoms with E-state index in [9.17, 15) is 18.3 Å². The van der Waals surface area contributed by atoms with Gasteiger partial charge in [0.05, 0.1) is 5.52 Å². The van der Waals surface area contributed by atoms with Crippen molar-refractivity contribution in [2.24, 2.45) is 23.0 Å². The van der Waals surface area contributed by atoms with E-state index in [2.05, 4.69) is 10.2 Å². The minimum absolute atomic E-state index is 0.0520. The summed E-state index contributed by atoms with van der Waals surface area (Å²) in [5, 5.41) is 16.3. The number of carbonyl (C=O) groups excluding carboxylic acids is 1. The Morgan fingerprint density at radius 1 is 1.35 bits per heavy atom. The van der Waals surface area contributed by atoms with E-state index in [0.29, 0.717) is 10.9 Å². The first-order valence-electron chi connectivity index (χ1n) is 5.21. The molecule has 2 aromatic rings. The van der Waals surface area contributed by atoms with Crippen LogP contribution in [0.15, 0.2) is 33.5 Å². The highest BCUT2D eigenvalue weighted by Crippen LogP contribution is 2.34. The zero-order valence-corrected chi connectivity index (χ0v) is 11.0. The maximum absolute atomic E-state index is 11.2. The molecule has 0 unspecified atom stereocenters. The number of urea groups is 1. The number of hydrogen-bond donors (Lipinski definition) is 3. The molecule has 4 N–H and O–H groups in total. The van der Waals surface area contributed by atoms with Gasteiger partial charge in [0.2, 0.25) is 0 Å². The quantitative estimate of drug-likeness (QED) is 0.564. The van der Waals surface area contributed by atoms with Crippen LogP contribution in [0.2, 0.25) is 0 Å². The number of primary amides is 1. The highest BCUT2D eigenvalue weighted by Gasteiger charge is 2.18. The Labute approximate surface area is 113 Å². The molecular formula is C10H10N4O5S. The van der Waals surface area contributed by atoms with Crippen molar-refractivity contribution in [1.29, 1.82) is 0 Å². The average Bonchev–Trinajstić information content (AvgIpc) is 2.63. The number of nitrogens with zero attached hydrogens (tertiary/aromatic N) is 3. The largest absolute Gasteiger partial charge is 0.506 e. The van der Waals surface area contributed by atoms with Gasteiger partial charge >= 0.3 is 16.1 Å². The topological polar surface area (TPSA) is 147 Å². The summed E-state index contributed by atoms with van der Waals surface area (Å²) in [4.78, 5) is 10.5. The van der Waals surface area contributed by atoms with Gasteiger partial charge in [-0.1, -0.05) is 5.11 Å². The zero-order valence-electron chi connectivity index (χ0n) is 10.2. The molecule has 0 atom stereocenters. The van der Waals surface area contributed by atoms with E-state index in [1.807, 2.05) is 0 Å². The fourth-order valence-corrected chi connectivity index (χ4v) is 2.49. The van der Waals surface area contributed by atoms with Crippen LogP contribution in [0.1, 0.15) is 0 Å². The standard InChI is InChI=1S/C10H10N4O5S/c1-14-7-4-8(15)6(12-13-10(11)16)2-5(7)3-9(14)20(17,18)19/h2-4,15H,1H3,(H2,11,16)(H,17,18,19). The SMILES string of the molecule is Cn1c(S(=O)(=O)O)cc2cc(N=NC(N)=O)c(O)cc21. The maximum Gasteiger partial charge on any atom is 0.356 e. The van der Waals surface area contributed by atoms with Crippen molar-refractivity contribution in [3.05, 3.63) is 18.2 Å². The number of azo groups is 1. The van der Waals surface area contributed by atoms with Crippen molar-refractivity contribution in [3.63, 3.8) is 0 Å². The van der Waals surface area contributed by atoms with Gasteiger partial charge in [-0.3, -0.25) is 4.55 Å². The van der Waals surface area contributed by atoms with E-state index >= 15 is 0 Å². The smallest absolute Gasteiger partial charge is 0.356 e. The normalized spacial score (nSPS) is 12.3. The van der Waals surface area contributed by atoms with Gasteiger partial charge < -0.3 is 15.4 Å². The van der Waals surface area contributed by atoms with Crippen LogP contribution in [-0.4, -0.2) is 28.7 Å². The van der Waals surface area contributed by atoms with Crippen LogP contribution in [0.3, 0.4) is 0 Å². The minimum atomic E-state index is -4.39. The van der Waals surface area contributed by atoms with Crippen LogP contribution in [0, 0.1) is 0 Å². The van der Waals surface area contributed by atoms with E-state index in [1.165, 1.54) is 29.8 Å². The summed E-state index contributed by atoms with van der Waals surface area (Å²) in [6.45, 7) is 0. The number of hydrogen-bond acceptors (Lipinski definition) is 5. The first-order valence-corrected chi connectivity index (χ1v) is 6.65. The third-order valence-electron chi connectivity index (χ3n) is 2.62. The van der Waals surface area contributed by atoms with Crippen molar-refractivity contribution in [2.45, 2.75) is 5.03 Å². The fraction of sp³-hybridized carbons (Fsp3) is 0.100. The molecule has 2 amide bonds. The average molecular weight is 298 g/mol. The zero-order chi connectivity index (χ0) is 15.1.